The van der Waals surface area contributed by atoms with Crippen molar-refractivity contribution in [1.82, 2.24) is 15.3 Å². The van der Waals surface area contributed by atoms with Gasteiger partial charge in [0.25, 0.3) is 5.91 Å². The van der Waals surface area contributed by atoms with Crippen LogP contribution in [-0.2, 0) is 0 Å². The van der Waals surface area contributed by atoms with E-state index >= 15 is 0 Å². The maximum atomic E-state index is 12.3. The number of Topliss-reactive ketones (excluding diaryl/α,β-unsaturated/α-hetero) is 1. The number of carbonyl (C=O) groups excluding carboxylic acids is 2. The van der Waals surface area contributed by atoms with Crippen molar-refractivity contribution in [1.29, 1.82) is 0 Å². The molecule has 0 bridgehead atoms. The van der Waals surface area contributed by atoms with Gasteiger partial charge in [0.2, 0.25) is 0 Å². The minimum atomic E-state index is -0.172. The van der Waals surface area contributed by atoms with Crippen LogP contribution in [-0.4, -0.2) is 27.7 Å². The number of ketones is 1. The second-order valence-corrected chi connectivity index (χ2v) is 6.71. The van der Waals surface area contributed by atoms with E-state index < -0.39 is 0 Å². The number of benzene rings is 1. The van der Waals surface area contributed by atoms with E-state index in [-0.39, 0.29) is 17.7 Å². The zero-order valence-electron chi connectivity index (χ0n) is 15.0. The Kier molecular flexibility index (Phi) is 5.94. The Morgan fingerprint density at radius 1 is 1.04 bits per heavy atom. The number of hydrogen-bond acceptors (Lipinski definition) is 5. The lowest BCUT2D eigenvalue weighted by Crippen LogP contribution is -2.34. The van der Waals surface area contributed by atoms with Crippen molar-refractivity contribution in [3.63, 3.8) is 0 Å². The molecule has 3 rings (SSSR count). The minimum Gasteiger partial charge on any atom is -0.348 e. The fourth-order valence-electron chi connectivity index (χ4n) is 3.16. The number of aromatic nitrogens is 2. The number of carbonyl (C=O) groups is 2. The molecule has 0 saturated heterocycles. The molecule has 1 amide bonds. The van der Waals surface area contributed by atoms with Crippen LogP contribution in [0.1, 0.15) is 66.3 Å². The summed E-state index contributed by atoms with van der Waals surface area (Å²) in [7, 11) is 0. The molecule has 1 saturated carbocycles. The predicted octanol–water partition coefficient (Wildman–Crippen LogP) is 3.88. The number of anilines is 2. The smallest absolute Gasteiger partial charge is 0.271 e. The van der Waals surface area contributed by atoms with Crippen molar-refractivity contribution in [2.75, 3.05) is 5.32 Å². The molecule has 0 unspecified atom stereocenters. The van der Waals surface area contributed by atoms with Crippen LogP contribution >= 0.6 is 0 Å². The van der Waals surface area contributed by atoms with Gasteiger partial charge in [-0.05, 0) is 31.9 Å². The van der Waals surface area contributed by atoms with Crippen LogP contribution in [0, 0.1) is 0 Å². The van der Waals surface area contributed by atoms with E-state index in [9.17, 15) is 9.59 Å². The average molecular weight is 352 g/mol. The molecule has 2 aromatic rings. The molecule has 6 nitrogen and oxygen atoms in total. The molecular formula is C20H24N4O2. The first-order chi connectivity index (χ1) is 12.6. The van der Waals surface area contributed by atoms with Crippen molar-refractivity contribution in [2.24, 2.45) is 0 Å². The quantitative estimate of drug-likeness (QED) is 0.630. The molecule has 1 aromatic heterocycles. The fourth-order valence-corrected chi connectivity index (χ4v) is 3.16. The van der Waals surface area contributed by atoms with E-state index in [0.717, 1.165) is 18.5 Å². The highest BCUT2D eigenvalue weighted by atomic mass is 16.2. The van der Waals surface area contributed by atoms with Crippen molar-refractivity contribution >= 4 is 23.2 Å². The summed E-state index contributed by atoms with van der Waals surface area (Å²) >= 11 is 0. The van der Waals surface area contributed by atoms with Gasteiger partial charge in [-0.2, -0.15) is 0 Å². The molecule has 0 atom stereocenters. The third-order valence-electron chi connectivity index (χ3n) is 4.62. The summed E-state index contributed by atoms with van der Waals surface area (Å²) < 4.78 is 0. The number of nitrogens with one attached hydrogen (secondary N) is 2. The molecule has 0 aliphatic heterocycles. The van der Waals surface area contributed by atoms with Gasteiger partial charge in [-0.1, -0.05) is 37.8 Å². The monoisotopic (exact) mass is 352 g/mol. The lowest BCUT2D eigenvalue weighted by atomic mass is 10.1. The van der Waals surface area contributed by atoms with Crippen molar-refractivity contribution in [3.8, 4) is 0 Å². The molecule has 0 radical (unpaired) electrons. The van der Waals surface area contributed by atoms with Crippen LogP contribution in [0.5, 0.6) is 0 Å². The van der Waals surface area contributed by atoms with Gasteiger partial charge in [-0.25, -0.2) is 9.97 Å². The van der Waals surface area contributed by atoms with E-state index in [1.807, 2.05) is 6.07 Å². The fraction of sp³-hybridized carbons (Fsp3) is 0.400. The molecule has 1 heterocycles. The van der Waals surface area contributed by atoms with E-state index in [0.29, 0.717) is 17.1 Å². The highest BCUT2D eigenvalue weighted by molar-refractivity contribution is 5.95. The average Bonchev–Trinajstić information content (AvgIpc) is 2.91. The van der Waals surface area contributed by atoms with Gasteiger partial charge in [-0.3, -0.25) is 9.59 Å². The molecule has 1 aliphatic rings. The summed E-state index contributed by atoms with van der Waals surface area (Å²) in [4.78, 5) is 32.3. The third-order valence-corrected chi connectivity index (χ3v) is 4.62. The predicted molar refractivity (Wildman–Crippen MR) is 101 cm³/mol. The third kappa shape index (κ3) is 4.88. The Labute approximate surface area is 153 Å². The standard InChI is InChI=1S/C20H24N4O2/c1-14(25)15-7-6-10-17(11-15)23-19-13-21-18(12-22-19)20(26)24-16-8-4-2-3-5-9-16/h6-7,10-13,16H,2-5,8-9H2,1H3,(H,22,23)(H,24,26). The van der Waals surface area contributed by atoms with Crippen molar-refractivity contribution in [2.45, 2.75) is 51.5 Å². The second kappa shape index (κ2) is 8.56. The molecule has 0 spiro atoms. The van der Waals surface area contributed by atoms with Crippen molar-refractivity contribution in [3.05, 3.63) is 47.9 Å². The first kappa shape index (κ1) is 18.0. The molecule has 6 heteroatoms. The van der Waals surface area contributed by atoms with Gasteiger partial charge >= 0.3 is 0 Å². The second-order valence-electron chi connectivity index (χ2n) is 6.71. The number of nitrogens with zero attached hydrogens (tertiary/aromatic N) is 2. The van der Waals surface area contributed by atoms with Gasteiger partial charge < -0.3 is 10.6 Å². The van der Waals surface area contributed by atoms with Crippen LogP contribution in [0.3, 0.4) is 0 Å². The van der Waals surface area contributed by atoms with Crippen LogP contribution in [0.15, 0.2) is 36.7 Å². The molecule has 2 N–H and O–H groups in total. The Bertz CT molecular complexity index is 766. The summed E-state index contributed by atoms with van der Waals surface area (Å²) in [6.45, 7) is 1.53. The number of amides is 1. The Hall–Kier alpha value is -2.76. The highest BCUT2D eigenvalue weighted by Crippen LogP contribution is 2.18. The summed E-state index contributed by atoms with van der Waals surface area (Å²) in [5.74, 6) is 0.358. The van der Waals surface area contributed by atoms with E-state index in [1.54, 1.807) is 18.2 Å². The molecule has 1 aromatic carbocycles. The van der Waals surface area contributed by atoms with Gasteiger partial charge in [0.1, 0.15) is 11.5 Å². The summed E-state index contributed by atoms with van der Waals surface area (Å²) in [5.41, 5.74) is 1.70. The van der Waals surface area contributed by atoms with Gasteiger partial charge in [-0.15, -0.1) is 0 Å². The first-order valence-electron chi connectivity index (χ1n) is 9.13. The van der Waals surface area contributed by atoms with Gasteiger partial charge in [0, 0.05) is 17.3 Å². The molecule has 1 aliphatic carbocycles. The largest absolute Gasteiger partial charge is 0.348 e. The summed E-state index contributed by atoms with van der Waals surface area (Å²) in [6, 6.07) is 7.41. The Morgan fingerprint density at radius 3 is 2.46 bits per heavy atom. The zero-order valence-corrected chi connectivity index (χ0v) is 15.0. The normalized spacial score (nSPS) is 15.1. The zero-order chi connectivity index (χ0) is 18.4. The Morgan fingerprint density at radius 2 is 1.81 bits per heavy atom. The van der Waals surface area contributed by atoms with E-state index in [1.165, 1.54) is 45.0 Å². The Balaban J connectivity index is 1.61. The SMILES string of the molecule is CC(=O)c1cccc(Nc2cnc(C(=O)NC3CCCCCC3)cn2)c1. The van der Waals surface area contributed by atoms with Gasteiger partial charge in [0.15, 0.2) is 5.78 Å². The van der Waals surface area contributed by atoms with Gasteiger partial charge in [0.05, 0.1) is 12.4 Å². The molecule has 136 valence electrons. The molecule has 1 fully saturated rings. The molecular weight excluding hydrogens is 328 g/mol. The minimum absolute atomic E-state index is 0.00488. The van der Waals surface area contributed by atoms with Crippen LogP contribution in [0.25, 0.3) is 0 Å². The van der Waals surface area contributed by atoms with Crippen LogP contribution in [0.2, 0.25) is 0 Å². The highest BCUT2D eigenvalue weighted by Gasteiger charge is 2.16. The maximum absolute atomic E-state index is 12.3. The lowest BCUT2D eigenvalue weighted by molar-refractivity contribution is 0.0927. The topological polar surface area (TPSA) is 84.0 Å². The number of rotatable bonds is 5. The summed E-state index contributed by atoms with van der Waals surface area (Å²) in [6.07, 6.45) is 9.90. The van der Waals surface area contributed by atoms with E-state index in [2.05, 4.69) is 20.6 Å². The van der Waals surface area contributed by atoms with E-state index in [4.69, 9.17) is 0 Å². The van der Waals surface area contributed by atoms with Crippen LogP contribution < -0.4 is 10.6 Å². The van der Waals surface area contributed by atoms with Crippen LogP contribution in [0.4, 0.5) is 11.5 Å². The number of hydrogen-bond donors (Lipinski definition) is 2. The van der Waals surface area contributed by atoms with Crippen molar-refractivity contribution < 1.29 is 9.59 Å². The first-order valence-corrected chi connectivity index (χ1v) is 9.13. The molecule has 26 heavy (non-hydrogen) atoms. The lowest BCUT2D eigenvalue weighted by Gasteiger charge is -2.15. The maximum Gasteiger partial charge on any atom is 0.271 e. The summed E-state index contributed by atoms with van der Waals surface area (Å²) in [5, 5.41) is 6.16.